The van der Waals surface area contributed by atoms with Gasteiger partial charge in [-0.25, -0.2) is 0 Å². The van der Waals surface area contributed by atoms with Crippen molar-refractivity contribution in [2.75, 3.05) is 7.05 Å². The molecule has 3 N–H and O–H groups in total. The maximum Gasteiger partial charge on any atom is 0.258 e. The molecule has 0 aliphatic carbocycles. The second-order valence-corrected chi connectivity index (χ2v) is 4.46. The van der Waals surface area contributed by atoms with E-state index in [1.54, 1.807) is 32.2 Å². The van der Waals surface area contributed by atoms with E-state index in [0.29, 0.717) is 22.8 Å². The van der Waals surface area contributed by atoms with Crippen LogP contribution in [-0.4, -0.2) is 25.0 Å². The lowest BCUT2D eigenvalue weighted by atomic mass is 10.1. The van der Waals surface area contributed by atoms with Gasteiger partial charge in [-0.2, -0.15) is 0 Å². The van der Waals surface area contributed by atoms with Crippen LogP contribution in [0.1, 0.15) is 18.9 Å². The molecule has 0 aliphatic heterocycles. The lowest BCUT2D eigenvalue weighted by Crippen LogP contribution is -2.33. The van der Waals surface area contributed by atoms with Crippen molar-refractivity contribution in [2.45, 2.75) is 25.9 Å². The van der Waals surface area contributed by atoms with Gasteiger partial charge in [-0.1, -0.05) is 18.5 Å². The monoisotopic (exact) mass is 284 g/mol. The van der Waals surface area contributed by atoms with Gasteiger partial charge in [-0.3, -0.25) is 9.59 Å². The molecule has 1 aromatic carbocycles. The molecule has 0 fully saturated rings. The summed E-state index contributed by atoms with van der Waals surface area (Å²) in [6.45, 7) is 1.80. The molecule has 1 aromatic rings. The lowest BCUT2D eigenvalue weighted by Gasteiger charge is -2.17. The molecule has 19 heavy (non-hydrogen) atoms. The summed E-state index contributed by atoms with van der Waals surface area (Å²) in [5.41, 5.74) is 5.85. The quantitative estimate of drug-likeness (QED) is 0.825. The van der Waals surface area contributed by atoms with Crippen molar-refractivity contribution in [3.05, 3.63) is 28.8 Å². The summed E-state index contributed by atoms with van der Waals surface area (Å²) >= 11 is 5.90. The first-order valence-corrected chi connectivity index (χ1v) is 6.30. The first-order chi connectivity index (χ1) is 8.97. The fourth-order valence-corrected chi connectivity index (χ4v) is 1.75. The summed E-state index contributed by atoms with van der Waals surface area (Å²) < 4.78 is 5.54. The summed E-state index contributed by atoms with van der Waals surface area (Å²) in [7, 11) is 1.55. The number of amides is 2. The number of halogens is 1. The predicted molar refractivity (Wildman–Crippen MR) is 73.1 cm³/mol. The van der Waals surface area contributed by atoms with E-state index in [2.05, 4.69) is 5.32 Å². The van der Waals surface area contributed by atoms with Crippen LogP contribution in [0.15, 0.2) is 18.2 Å². The third kappa shape index (κ3) is 4.44. The fraction of sp³-hybridized carbons (Fsp3) is 0.385. The minimum absolute atomic E-state index is 0.127. The van der Waals surface area contributed by atoms with E-state index in [0.717, 1.165) is 0 Å². The molecule has 1 rings (SSSR count). The number of benzene rings is 1. The molecule has 0 saturated heterocycles. The summed E-state index contributed by atoms with van der Waals surface area (Å²) in [6, 6.07) is 4.91. The van der Waals surface area contributed by atoms with Gasteiger partial charge < -0.3 is 15.8 Å². The molecule has 0 bridgehead atoms. The number of nitrogens with one attached hydrogen (secondary N) is 1. The van der Waals surface area contributed by atoms with Crippen molar-refractivity contribution >= 4 is 23.4 Å². The Bertz CT molecular complexity index is 477. The highest BCUT2D eigenvalue weighted by molar-refractivity contribution is 6.30. The zero-order valence-electron chi connectivity index (χ0n) is 10.9. The number of primary amides is 1. The van der Waals surface area contributed by atoms with Crippen LogP contribution in [0.2, 0.25) is 5.02 Å². The number of carbonyl (C=O) groups excluding carboxylic acids is 2. The van der Waals surface area contributed by atoms with Gasteiger partial charge in [0.2, 0.25) is 5.91 Å². The molecular weight excluding hydrogens is 268 g/mol. The van der Waals surface area contributed by atoms with Crippen LogP contribution in [0.4, 0.5) is 0 Å². The smallest absolute Gasteiger partial charge is 0.258 e. The van der Waals surface area contributed by atoms with Crippen molar-refractivity contribution in [1.29, 1.82) is 0 Å². The van der Waals surface area contributed by atoms with Crippen molar-refractivity contribution in [1.82, 2.24) is 5.32 Å². The topological polar surface area (TPSA) is 81.4 Å². The maximum absolute atomic E-state index is 11.4. The summed E-state index contributed by atoms with van der Waals surface area (Å²) in [5.74, 6) is -0.263. The maximum atomic E-state index is 11.4. The van der Waals surface area contributed by atoms with Gasteiger partial charge in [0, 0.05) is 17.6 Å². The van der Waals surface area contributed by atoms with E-state index in [1.807, 2.05) is 0 Å². The minimum atomic E-state index is -0.718. The highest BCUT2D eigenvalue weighted by Gasteiger charge is 2.17. The normalized spacial score (nSPS) is 11.7. The predicted octanol–water partition coefficient (Wildman–Crippen LogP) is 1.27. The minimum Gasteiger partial charge on any atom is -0.480 e. The Morgan fingerprint density at radius 3 is 2.68 bits per heavy atom. The van der Waals surface area contributed by atoms with Gasteiger partial charge in [0.25, 0.3) is 5.91 Å². The van der Waals surface area contributed by atoms with Gasteiger partial charge in [-0.05, 0) is 24.6 Å². The van der Waals surface area contributed by atoms with Crippen LogP contribution >= 0.6 is 11.6 Å². The first kappa shape index (κ1) is 15.3. The molecule has 0 saturated carbocycles. The van der Waals surface area contributed by atoms with E-state index in [1.165, 1.54) is 0 Å². The molecule has 0 spiro atoms. The molecule has 0 heterocycles. The van der Waals surface area contributed by atoms with Gasteiger partial charge >= 0.3 is 0 Å². The van der Waals surface area contributed by atoms with Crippen LogP contribution in [0.3, 0.4) is 0 Å². The van der Waals surface area contributed by atoms with Crippen LogP contribution in [0.5, 0.6) is 5.75 Å². The zero-order chi connectivity index (χ0) is 14.4. The van der Waals surface area contributed by atoms with E-state index in [4.69, 9.17) is 22.1 Å². The summed E-state index contributed by atoms with van der Waals surface area (Å²) in [5, 5.41) is 3.02. The average Bonchev–Trinajstić information content (AvgIpc) is 2.37. The van der Waals surface area contributed by atoms with Crippen LogP contribution in [0.25, 0.3) is 0 Å². The van der Waals surface area contributed by atoms with Crippen molar-refractivity contribution < 1.29 is 14.3 Å². The number of carbonyl (C=O) groups is 2. The van der Waals surface area contributed by atoms with Gasteiger partial charge in [-0.15, -0.1) is 0 Å². The summed E-state index contributed by atoms with van der Waals surface area (Å²) in [4.78, 5) is 22.6. The van der Waals surface area contributed by atoms with E-state index in [-0.39, 0.29) is 12.3 Å². The number of hydrogen-bond acceptors (Lipinski definition) is 3. The molecule has 0 radical (unpaired) electrons. The number of nitrogens with two attached hydrogens (primary N) is 1. The van der Waals surface area contributed by atoms with Gasteiger partial charge in [0.05, 0.1) is 6.42 Å². The van der Waals surface area contributed by atoms with Crippen LogP contribution in [-0.2, 0) is 16.0 Å². The molecule has 5 nitrogen and oxygen atoms in total. The van der Waals surface area contributed by atoms with Crippen molar-refractivity contribution in [3.63, 3.8) is 0 Å². The Morgan fingerprint density at radius 1 is 1.47 bits per heavy atom. The first-order valence-electron chi connectivity index (χ1n) is 5.92. The number of hydrogen-bond donors (Lipinski definition) is 2. The molecule has 0 aliphatic rings. The Labute approximate surface area is 117 Å². The lowest BCUT2D eigenvalue weighted by molar-refractivity contribution is -0.124. The third-order valence-electron chi connectivity index (χ3n) is 2.61. The van der Waals surface area contributed by atoms with E-state index < -0.39 is 12.0 Å². The average molecular weight is 285 g/mol. The Kier molecular flexibility index (Phi) is 5.63. The van der Waals surface area contributed by atoms with Crippen molar-refractivity contribution in [2.24, 2.45) is 5.73 Å². The largest absolute Gasteiger partial charge is 0.480 e. The molecule has 104 valence electrons. The van der Waals surface area contributed by atoms with E-state index in [9.17, 15) is 9.59 Å². The van der Waals surface area contributed by atoms with Gasteiger partial charge in [0.15, 0.2) is 6.10 Å². The molecular formula is C13H17ClN2O3. The highest BCUT2D eigenvalue weighted by Crippen LogP contribution is 2.25. The number of ether oxygens (including phenoxy) is 1. The molecule has 0 aromatic heterocycles. The third-order valence-corrected chi connectivity index (χ3v) is 2.84. The fourth-order valence-electron chi connectivity index (χ4n) is 1.56. The molecule has 1 unspecified atom stereocenters. The number of likely N-dealkylation sites (N-methyl/N-ethyl adjacent to an activating group) is 1. The highest BCUT2D eigenvalue weighted by atomic mass is 35.5. The number of rotatable bonds is 6. The molecule has 6 heteroatoms. The van der Waals surface area contributed by atoms with Crippen molar-refractivity contribution in [3.8, 4) is 5.75 Å². The Morgan fingerprint density at radius 2 is 2.16 bits per heavy atom. The summed E-state index contributed by atoms with van der Waals surface area (Å²) in [6.07, 6.45) is -0.136. The molecule has 1 atom stereocenters. The molecule has 2 amide bonds. The standard InChI is InChI=1S/C13H17ClN2O3/c1-3-10(13(15)18)19-11-5-4-9(14)6-8(11)7-12(17)16-2/h4-6,10H,3,7H2,1-2H3,(H2,15,18)(H,16,17). The SMILES string of the molecule is CCC(Oc1ccc(Cl)cc1CC(=O)NC)C(N)=O. The Hall–Kier alpha value is -1.75. The zero-order valence-corrected chi connectivity index (χ0v) is 11.7. The van der Waals surface area contributed by atoms with Gasteiger partial charge in [0.1, 0.15) is 5.75 Å². The Balaban J connectivity index is 2.98. The second-order valence-electron chi connectivity index (χ2n) is 4.02. The van der Waals surface area contributed by atoms with Crippen LogP contribution < -0.4 is 15.8 Å². The van der Waals surface area contributed by atoms with E-state index >= 15 is 0 Å². The van der Waals surface area contributed by atoms with Crippen LogP contribution in [0, 0.1) is 0 Å². The second kappa shape index (κ2) is 6.99.